The highest BCUT2D eigenvalue weighted by atomic mass is 32.1. The maximum Gasteiger partial charge on any atom is 0.257 e. The van der Waals surface area contributed by atoms with Crippen LogP contribution in [0.25, 0.3) is 11.5 Å². The summed E-state index contributed by atoms with van der Waals surface area (Å²) in [6.45, 7) is 1.16. The number of amides is 1. The highest BCUT2D eigenvalue weighted by Crippen LogP contribution is 2.35. The molecule has 2 aromatic heterocycles. The number of Topliss-reactive ketones (excluding diaryl/α,β-unsaturated/α-hetero) is 1. The minimum Gasteiger partial charge on any atom is -0.463 e. The molecule has 156 valence electrons. The van der Waals surface area contributed by atoms with Crippen LogP contribution in [0.15, 0.2) is 47.1 Å². The number of aromatic nitrogens is 1. The van der Waals surface area contributed by atoms with E-state index in [0.717, 1.165) is 5.69 Å². The summed E-state index contributed by atoms with van der Waals surface area (Å²) in [6, 6.07) is 10.8. The molecule has 1 aliphatic heterocycles. The van der Waals surface area contributed by atoms with Crippen molar-refractivity contribution >= 4 is 33.8 Å². The summed E-state index contributed by atoms with van der Waals surface area (Å²) < 4.78 is 10.9. The summed E-state index contributed by atoms with van der Waals surface area (Å²) in [5.74, 6) is 0.163. The summed E-state index contributed by atoms with van der Waals surface area (Å²) in [5, 5.41) is 3.20. The van der Waals surface area contributed by atoms with Crippen molar-refractivity contribution in [3.8, 4) is 11.5 Å². The van der Waals surface area contributed by atoms with E-state index in [2.05, 4.69) is 10.3 Å². The van der Waals surface area contributed by atoms with E-state index >= 15 is 0 Å². The van der Waals surface area contributed by atoms with Gasteiger partial charge in [0.05, 0.1) is 6.26 Å². The Kier molecular flexibility index (Phi) is 5.96. The average molecular weight is 426 g/mol. The first kappa shape index (κ1) is 20.3. The fourth-order valence-electron chi connectivity index (χ4n) is 3.35. The minimum absolute atomic E-state index is 0.0260. The quantitative estimate of drug-likeness (QED) is 0.592. The van der Waals surface area contributed by atoms with Gasteiger partial charge in [0.15, 0.2) is 16.7 Å². The molecule has 0 saturated carbocycles. The third kappa shape index (κ3) is 4.29. The molecule has 1 aromatic carbocycles. The molecule has 7 nitrogen and oxygen atoms in total. The second-order valence-corrected chi connectivity index (χ2v) is 8.32. The number of benzene rings is 1. The number of rotatable bonds is 6. The van der Waals surface area contributed by atoms with Gasteiger partial charge in [-0.25, -0.2) is 4.98 Å². The molecule has 1 aliphatic rings. The number of hydrogen-bond donors (Lipinski definition) is 1. The molecular formula is C22H23N3O4S. The van der Waals surface area contributed by atoms with E-state index < -0.39 is 0 Å². The topological polar surface area (TPSA) is 84.7 Å². The predicted octanol–water partition coefficient (Wildman–Crippen LogP) is 4.33. The number of carbonyl (C=O) groups is 2. The summed E-state index contributed by atoms with van der Waals surface area (Å²) in [4.78, 5) is 32.8. The fraction of sp³-hybridized carbons (Fsp3) is 0.318. The standard InChI is InChI=1S/C22H23N3O4S/c1-25(2)16-7-5-15(6-8-16)21(27)24-22-23-18(17-4-3-11-29-17)20(30-22)19(26)14-9-12-28-13-10-14/h3-8,11,14H,9-10,12-13H2,1-2H3,(H,23,24,27). The largest absolute Gasteiger partial charge is 0.463 e. The number of nitrogens with zero attached hydrogens (tertiary/aromatic N) is 2. The van der Waals surface area contributed by atoms with E-state index in [1.165, 1.54) is 11.3 Å². The lowest BCUT2D eigenvalue weighted by Crippen LogP contribution is -2.23. The molecule has 0 unspecified atom stereocenters. The predicted molar refractivity (Wildman–Crippen MR) is 116 cm³/mol. The molecule has 1 amide bonds. The highest BCUT2D eigenvalue weighted by Gasteiger charge is 2.29. The smallest absolute Gasteiger partial charge is 0.257 e. The van der Waals surface area contributed by atoms with Gasteiger partial charge >= 0.3 is 0 Å². The van der Waals surface area contributed by atoms with Gasteiger partial charge in [0.25, 0.3) is 5.91 Å². The molecule has 0 spiro atoms. The first-order valence-electron chi connectivity index (χ1n) is 9.78. The number of anilines is 2. The monoisotopic (exact) mass is 425 g/mol. The Hall–Kier alpha value is -2.97. The van der Waals surface area contributed by atoms with Crippen molar-refractivity contribution in [3.63, 3.8) is 0 Å². The van der Waals surface area contributed by atoms with Crippen molar-refractivity contribution < 1.29 is 18.7 Å². The van der Waals surface area contributed by atoms with Gasteiger partial charge in [-0.15, -0.1) is 0 Å². The number of ketones is 1. The van der Waals surface area contributed by atoms with Gasteiger partial charge in [-0.3, -0.25) is 14.9 Å². The van der Waals surface area contributed by atoms with Crippen LogP contribution in [0.1, 0.15) is 32.9 Å². The Bertz CT molecular complexity index is 1020. The number of thiazole rings is 1. The molecule has 30 heavy (non-hydrogen) atoms. The van der Waals surface area contributed by atoms with Gasteiger partial charge < -0.3 is 14.1 Å². The van der Waals surface area contributed by atoms with Crippen LogP contribution in [0.2, 0.25) is 0 Å². The van der Waals surface area contributed by atoms with Crippen LogP contribution in [0, 0.1) is 5.92 Å². The summed E-state index contributed by atoms with van der Waals surface area (Å²) in [7, 11) is 3.88. The van der Waals surface area contributed by atoms with Crippen LogP contribution >= 0.6 is 11.3 Å². The second kappa shape index (κ2) is 8.81. The SMILES string of the molecule is CN(C)c1ccc(C(=O)Nc2nc(-c3ccco3)c(C(=O)C3CCOCC3)s2)cc1. The zero-order valence-corrected chi connectivity index (χ0v) is 17.7. The maximum atomic E-state index is 13.1. The molecule has 0 atom stereocenters. The fourth-order valence-corrected chi connectivity index (χ4v) is 4.33. The van der Waals surface area contributed by atoms with Crippen molar-refractivity contribution in [2.75, 3.05) is 37.5 Å². The van der Waals surface area contributed by atoms with Crippen molar-refractivity contribution in [3.05, 3.63) is 53.1 Å². The summed E-state index contributed by atoms with van der Waals surface area (Å²) >= 11 is 1.19. The number of ether oxygens (including phenoxy) is 1. The second-order valence-electron chi connectivity index (χ2n) is 7.32. The Balaban J connectivity index is 1.59. The third-order valence-corrected chi connectivity index (χ3v) is 6.05. The molecule has 1 N–H and O–H groups in total. The Morgan fingerprint density at radius 3 is 2.50 bits per heavy atom. The first-order chi connectivity index (χ1) is 14.5. The molecule has 3 aromatic rings. The van der Waals surface area contributed by atoms with Crippen LogP contribution in [0.4, 0.5) is 10.8 Å². The van der Waals surface area contributed by atoms with Crippen molar-refractivity contribution in [2.45, 2.75) is 12.8 Å². The number of nitrogens with one attached hydrogen (secondary N) is 1. The van der Waals surface area contributed by atoms with Crippen molar-refractivity contribution in [2.24, 2.45) is 5.92 Å². The molecule has 0 aliphatic carbocycles. The molecule has 3 heterocycles. The van der Waals surface area contributed by atoms with E-state index in [1.54, 1.807) is 30.5 Å². The van der Waals surface area contributed by atoms with Crippen LogP contribution in [0.3, 0.4) is 0 Å². The lowest BCUT2D eigenvalue weighted by Gasteiger charge is -2.20. The molecule has 0 radical (unpaired) electrons. The molecule has 8 heteroatoms. The van der Waals surface area contributed by atoms with Gasteiger partial charge in [0.2, 0.25) is 0 Å². The highest BCUT2D eigenvalue weighted by molar-refractivity contribution is 7.18. The zero-order valence-electron chi connectivity index (χ0n) is 16.9. The number of carbonyl (C=O) groups excluding carboxylic acids is 2. The summed E-state index contributed by atoms with van der Waals surface area (Å²) in [5.41, 5.74) is 2.00. The van der Waals surface area contributed by atoms with E-state index in [4.69, 9.17) is 9.15 Å². The Morgan fingerprint density at radius 2 is 1.87 bits per heavy atom. The lowest BCUT2D eigenvalue weighted by molar-refractivity contribution is 0.0547. The van der Waals surface area contributed by atoms with Crippen LogP contribution in [-0.2, 0) is 4.74 Å². The van der Waals surface area contributed by atoms with E-state index in [9.17, 15) is 9.59 Å². The molecule has 0 bridgehead atoms. The summed E-state index contributed by atoms with van der Waals surface area (Å²) in [6.07, 6.45) is 2.92. The van der Waals surface area contributed by atoms with Gasteiger partial charge in [0.1, 0.15) is 10.6 Å². The minimum atomic E-state index is -0.273. The third-order valence-electron chi connectivity index (χ3n) is 5.06. The van der Waals surface area contributed by atoms with Gasteiger partial charge in [-0.1, -0.05) is 11.3 Å². The van der Waals surface area contributed by atoms with Crippen molar-refractivity contribution in [1.82, 2.24) is 4.98 Å². The van der Waals surface area contributed by atoms with Crippen LogP contribution in [0.5, 0.6) is 0 Å². The molecule has 4 rings (SSSR count). The first-order valence-corrected chi connectivity index (χ1v) is 10.6. The molecular weight excluding hydrogens is 402 g/mol. The number of hydrogen-bond acceptors (Lipinski definition) is 7. The van der Waals surface area contributed by atoms with E-state index in [1.807, 2.05) is 31.1 Å². The average Bonchev–Trinajstić information content (AvgIpc) is 3.44. The van der Waals surface area contributed by atoms with Gasteiger partial charge in [-0.05, 0) is 49.2 Å². The Labute approximate surface area is 178 Å². The zero-order chi connectivity index (χ0) is 21.1. The van der Waals surface area contributed by atoms with Crippen molar-refractivity contribution in [1.29, 1.82) is 0 Å². The normalized spacial score (nSPS) is 14.5. The number of furan rings is 1. The van der Waals surface area contributed by atoms with Gasteiger partial charge in [0, 0.05) is 44.5 Å². The molecule has 1 fully saturated rings. The Morgan fingerprint density at radius 1 is 1.13 bits per heavy atom. The maximum absolute atomic E-state index is 13.1. The van der Waals surface area contributed by atoms with E-state index in [0.29, 0.717) is 53.1 Å². The van der Waals surface area contributed by atoms with E-state index in [-0.39, 0.29) is 17.6 Å². The van der Waals surface area contributed by atoms with Crippen LogP contribution in [-0.4, -0.2) is 44.0 Å². The lowest BCUT2D eigenvalue weighted by atomic mass is 9.94. The van der Waals surface area contributed by atoms with Crippen LogP contribution < -0.4 is 10.2 Å². The van der Waals surface area contributed by atoms with Gasteiger partial charge in [-0.2, -0.15) is 0 Å². The molecule has 1 saturated heterocycles.